The summed E-state index contributed by atoms with van der Waals surface area (Å²) in [5.74, 6) is 0. The van der Waals surface area contributed by atoms with E-state index in [1.54, 1.807) is 0 Å². The fourth-order valence-corrected chi connectivity index (χ4v) is 9.55. The van der Waals surface area contributed by atoms with Crippen LogP contribution in [0.15, 0.2) is 146 Å². The molecule has 0 atom stereocenters. The van der Waals surface area contributed by atoms with E-state index < -0.39 is 16.2 Å². The molecule has 0 spiro atoms. The number of aliphatic hydroxyl groups is 2. The Morgan fingerprint density at radius 1 is 0.289 bits per heavy atom. The first-order valence-electron chi connectivity index (χ1n) is 16.0. The first kappa shape index (κ1) is 26.6. The summed E-state index contributed by atoms with van der Waals surface area (Å²) in [6.45, 7) is -0.0151. The van der Waals surface area contributed by atoms with Crippen LogP contribution in [0.2, 0.25) is 0 Å². The van der Waals surface area contributed by atoms with Gasteiger partial charge in [-0.3, -0.25) is 0 Å². The van der Waals surface area contributed by atoms with Crippen molar-refractivity contribution in [3.8, 4) is 33.4 Å². The molecule has 6 aromatic rings. The zero-order chi connectivity index (χ0) is 30.2. The van der Waals surface area contributed by atoms with Crippen molar-refractivity contribution in [2.45, 2.75) is 29.1 Å². The van der Waals surface area contributed by atoms with Gasteiger partial charge in [-0.1, -0.05) is 146 Å². The van der Waals surface area contributed by atoms with Gasteiger partial charge in [0, 0.05) is 16.2 Å². The van der Waals surface area contributed by atoms with Gasteiger partial charge in [0.1, 0.15) is 0 Å². The van der Waals surface area contributed by atoms with Crippen LogP contribution in [0.4, 0.5) is 0 Å². The summed E-state index contributed by atoms with van der Waals surface area (Å²) in [7, 11) is 0. The van der Waals surface area contributed by atoms with Crippen molar-refractivity contribution < 1.29 is 10.2 Å². The minimum absolute atomic E-state index is 0.00753. The summed E-state index contributed by atoms with van der Waals surface area (Å²) in [5.41, 5.74) is 12.8. The molecule has 0 fully saturated rings. The topological polar surface area (TPSA) is 40.5 Å². The van der Waals surface area contributed by atoms with E-state index in [0.717, 1.165) is 0 Å². The lowest BCUT2D eigenvalue weighted by atomic mass is 9.56. The van der Waals surface area contributed by atoms with E-state index >= 15 is 0 Å². The number of fused-ring (bicyclic) bond motifs is 9. The summed E-state index contributed by atoms with van der Waals surface area (Å²) in [6, 6.07) is 52.2. The van der Waals surface area contributed by atoms with Crippen LogP contribution >= 0.6 is 0 Å². The first-order valence-corrected chi connectivity index (χ1v) is 16.0. The van der Waals surface area contributed by atoms with E-state index in [1.807, 2.05) is 0 Å². The molecule has 0 heterocycles. The average Bonchev–Trinajstić information content (AvgIpc) is 3.66. The summed E-state index contributed by atoms with van der Waals surface area (Å²) < 4.78 is 0. The van der Waals surface area contributed by atoms with Crippen LogP contribution in [0.3, 0.4) is 0 Å². The Balaban J connectivity index is 1.37. The van der Waals surface area contributed by atoms with Crippen LogP contribution in [0.5, 0.6) is 0 Å². The molecule has 9 rings (SSSR count). The van der Waals surface area contributed by atoms with Gasteiger partial charge >= 0.3 is 0 Å². The fourth-order valence-electron chi connectivity index (χ4n) is 9.55. The molecule has 6 aromatic carbocycles. The summed E-state index contributed by atoms with van der Waals surface area (Å²) in [6.07, 6.45) is 1.34. The Morgan fingerprint density at radius 3 is 0.711 bits per heavy atom. The molecule has 45 heavy (non-hydrogen) atoms. The lowest BCUT2D eigenvalue weighted by molar-refractivity contribution is 0.159. The number of aliphatic hydroxyl groups excluding tert-OH is 2. The highest BCUT2D eigenvalue weighted by atomic mass is 16.3. The first-order chi connectivity index (χ1) is 22.2. The van der Waals surface area contributed by atoms with Gasteiger partial charge in [-0.25, -0.2) is 0 Å². The second kappa shape index (κ2) is 9.62. The Hall–Kier alpha value is -4.76. The van der Waals surface area contributed by atoms with Crippen LogP contribution in [0.25, 0.3) is 33.4 Å². The molecule has 2 N–H and O–H groups in total. The Morgan fingerprint density at radius 2 is 0.489 bits per heavy atom. The third-order valence-corrected chi connectivity index (χ3v) is 11.3. The number of rotatable bonds is 6. The largest absolute Gasteiger partial charge is 0.395 e. The SMILES string of the molecule is OCC1(CC2(CC3(CO)c4ccccc4-c4ccccc43)c3ccccc3-c3ccccc32)c2ccccc2-c2ccccc21. The van der Waals surface area contributed by atoms with Crippen molar-refractivity contribution in [3.63, 3.8) is 0 Å². The van der Waals surface area contributed by atoms with Crippen molar-refractivity contribution >= 4 is 0 Å². The van der Waals surface area contributed by atoms with E-state index in [4.69, 9.17) is 0 Å². The molecule has 0 aromatic heterocycles. The van der Waals surface area contributed by atoms with E-state index in [9.17, 15) is 10.2 Å². The summed E-state index contributed by atoms with van der Waals surface area (Å²) >= 11 is 0. The van der Waals surface area contributed by atoms with E-state index in [-0.39, 0.29) is 13.2 Å². The quantitative estimate of drug-likeness (QED) is 0.206. The third kappa shape index (κ3) is 3.36. The van der Waals surface area contributed by atoms with Gasteiger partial charge < -0.3 is 10.2 Å². The Kier molecular flexibility index (Phi) is 5.69. The molecule has 3 aliphatic carbocycles. The minimum Gasteiger partial charge on any atom is -0.395 e. The number of benzene rings is 6. The highest BCUT2D eigenvalue weighted by Gasteiger charge is 2.57. The zero-order valence-electron chi connectivity index (χ0n) is 25.1. The van der Waals surface area contributed by atoms with E-state index in [1.165, 1.54) is 66.8 Å². The molecule has 0 saturated heterocycles. The molecular formula is C43H34O2. The lowest BCUT2D eigenvalue weighted by Crippen LogP contribution is -2.45. The minimum atomic E-state index is -0.633. The van der Waals surface area contributed by atoms with Crippen LogP contribution in [-0.4, -0.2) is 23.4 Å². The smallest absolute Gasteiger partial charge is 0.0569 e. The normalized spacial score (nSPS) is 16.7. The van der Waals surface area contributed by atoms with E-state index in [2.05, 4.69) is 146 Å². The molecule has 0 unspecified atom stereocenters. The van der Waals surface area contributed by atoms with Gasteiger partial charge in [-0.05, 0) is 79.6 Å². The van der Waals surface area contributed by atoms with Gasteiger partial charge in [-0.2, -0.15) is 0 Å². The molecule has 0 bridgehead atoms. The number of hydrogen-bond acceptors (Lipinski definition) is 2. The van der Waals surface area contributed by atoms with Crippen LogP contribution in [0, 0.1) is 0 Å². The molecule has 0 aliphatic heterocycles. The highest BCUT2D eigenvalue weighted by molar-refractivity contribution is 5.86. The van der Waals surface area contributed by atoms with Gasteiger partial charge in [0.2, 0.25) is 0 Å². The maximum atomic E-state index is 11.7. The molecule has 2 heteroatoms. The lowest BCUT2D eigenvalue weighted by Gasteiger charge is -2.46. The fraction of sp³-hybridized carbons (Fsp3) is 0.163. The van der Waals surface area contributed by atoms with Crippen molar-refractivity contribution in [1.29, 1.82) is 0 Å². The van der Waals surface area contributed by atoms with Crippen LogP contribution < -0.4 is 0 Å². The summed E-state index contributed by atoms with van der Waals surface area (Å²) in [4.78, 5) is 0. The van der Waals surface area contributed by atoms with Crippen LogP contribution in [-0.2, 0) is 16.2 Å². The second-order valence-corrected chi connectivity index (χ2v) is 13.2. The number of hydrogen-bond donors (Lipinski definition) is 2. The molecule has 2 nitrogen and oxygen atoms in total. The van der Waals surface area contributed by atoms with E-state index in [0.29, 0.717) is 12.8 Å². The van der Waals surface area contributed by atoms with Gasteiger partial charge in [-0.15, -0.1) is 0 Å². The van der Waals surface area contributed by atoms with Crippen molar-refractivity contribution in [3.05, 3.63) is 179 Å². The van der Waals surface area contributed by atoms with Gasteiger partial charge in [0.15, 0.2) is 0 Å². The zero-order valence-corrected chi connectivity index (χ0v) is 25.1. The molecule has 3 aliphatic rings. The van der Waals surface area contributed by atoms with Crippen molar-refractivity contribution in [2.24, 2.45) is 0 Å². The van der Waals surface area contributed by atoms with Crippen LogP contribution in [0.1, 0.15) is 46.2 Å². The predicted molar refractivity (Wildman–Crippen MR) is 181 cm³/mol. The second-order valence-electron chi connectivity index (χ2n) is 13.2. The average molecular weight is 583 g/mol. The van der Waals surface area contributed by atoms with Gasteiger partial charge in [0.05, 0.1) is 13.2 Å². The molecule has 218 valence electrons. The Bertz CT molecular complexity index is 1880. The maximum absolute atomic E-state index is 11.7. The third-order valence-electron chi connectivity index (χ3n) is 11.3. The standard InChI is InChI=1S/C43H34O2/c44-27-42(37-21-9-3-15-31(37)32-16-4-10-22-38(32)42)25-41(35-19-7-1-13-29(35)30-14-2-8-20-36(30)41)26-43(28-45)39-23-11-5-17-33(39)34-18-6-12-24-40(34)43/h1-24,44-45H,25-28H2. The maximum Gasteiger partial charge on any atom is 0.0569 e. The van der Waals surface area contributed by atoms with Crippen molar-refractivity contribution in [2.75, 3.05) is 13.2 Å². The highest BCUT2D eigenvalue weighted by Crippen LogP contribution is 2.64. The van der Waals surface area contributed by atoms with Crippen molar-refractivity contribution in [1.82, 2.24) is 0 Å². The molecule has 0 radical (unpaired) electrons. The Labute approximate surface area is 264 Å². The monoisotopic (exact) mass is 582 g/mol. The van der Waals surface area contributed by atoms with Gasteiger partial charge in [0.25, 0.3) is 0 Å². The molecule has 0 amide bonds. The molecule has 0 saturated carbocycles. The predicted octanol–water partition coefficient (Wildman–Crippen LogP) is 8.65. The molecular weight excluding hydrogens is 548 g/mol. The summed E-state index contributed by atoms with van der Waals surface area (Å²) in [5, 5.41) is 23.5.